The Morgan fingerprint density at radius 2 is 1.00 bits per heavy atom. The highest BCUT2D eigenvalue weighted by atomic mass is 15.2. The van der Waals surface area contributed by atoms with Crippen LogP contribution in [0.1, 0.15) is 28.3 Å². The molecule has 0 saturated carbocycles. The first kappa shape index (κ1) is 22.5. The molecule has 0 aliphatic rings. The maximum atomic E-state index is 4.89. The Bertz CT molecular complexity index is 1220. The summed E-state index contributed by atoms with van der Waals surface area (Å²) in [5.74, 6) is 0. The number of hydrogen-bond donors (Lipinski definition) is 0. The van der Waals surface area contributed by atoms with Crippen molar-refractivity contribution in [3.63, 3.8) is 0 Å². The Hall–Kier alpha value is -4.29. The Labute approximate surface area is 205 Å². The molecule has 5 aromatic heterocycles. The molecule has 5 heterocycles. The first-order chi connectivity index (χ1) is 17.3. The summed E-state index contributed by atoms with van der Waals surface area (Å²) in [4.78, 5) is 25.7. The third-order valence-electron chi connectivity index (χ3n) is 6.08. The van der Waals surface area contributed by atoms with Gasteiger partial charge in [-0.25, -0.2) is 0 Å². The van der Waals surface area contributed by atoms with Crippen LogP contribution in [0.2, 0.25) is 0 Å². The van der Waals surface area contributed by atoms with Gasteiger partial charge in [0.05, 0.1) is 22.8 Å². The lowest BCUT2D eigenvalue weighted by molar-refractivity contribution is 0.0917. The summed E-state index contributed by atoms with van der Waals surface area (Å²) >= 11 is 0. The normalized spacial score (nSPS) is 11.5. The molecule has 5 aromatic rings. The fraction of sp³-hybridized carbons (Fsp3) is 0.138. The van der Waals surface area contributed by atoms with E-state index in [9.17, 15) is 0 Å². The van der Waals surface area contributed by atoms with Gasteiger partial charge in [0.2, 0.25) is 0 Å². The molecule has 0 fully saturated rings. The second-order valence-corrected chi connectivity index (χ2v) is 8.32. The smallest absolute Gasteiger partial charge is 0.111 e. The van der Waals surface area contributed by atoms with Crippen LogP contribution in [0.25, 0.3) is 0 Å². The number of rotatable bonds is 9. The van der Waals surface area contributed by atoms with E-state index in [0.717, 1.165) is 28.3 Å². The molecule has 35 heavy (non-hydrogen) atoms. The Balaban J connectivity index is 1.73. The molecule has 0 unspecified atom stereocenters. The Morgan fingerprint density at radius 1 is 0.514 bits per heavy atom. The summed E-state index contributed by atoms with van der Waals surface area (Å²) in [6.07, 6.45) is 11.7. The van der Waals surface area contributed by atoms with Crippen LogP contribution in [0.4, 0.5) is 0 Å². The van der Waals surface area contributed by atoms with Gasteiger partial charge < -0.3 is 0 Å². The van der Waals surface area contributed by atoms with Gasteiger partial charge in [-0.1, -0.05) is 24.3 Å². The molecule has 0 bridgehead atoms. The standard InChI is InChI=1S/C29H26N6/c1-5-15-31-25(9-1)22-35(23-26-10-2-6-16-32-26)29(27-11-3-7-17-33-27,28-12-4-8-18-34-28)21-24-13-19-30-20-14-24/h1-20H,21-23H2. The highest BCUT2D eigenvalue weighted by Gasteiger charge is 2.43. The van der Waals surface area contributed by atoms with Crippen molar-refractivity contribution in [1.82, 2.24) is 29.8 Å². The number of hydrogen-bond acceptors (Lipinski definition) is 6. The summed E-state index contributed by atoms with van der Waals surface area (Å²) in [6, 6.07) is 28.3. The zero-order valence-electron chi connectivity index (χ0n) is 19.4. The van der Waals surface area contributed by atoms with E-state index < -0.39 is 5.54 Å². The quantitative estimate of drug-likeness (QED) is 0.315. The number of aromatic nitrogens is 5. The average molecular weight is 459 g/mol. The van der Waals surface area contributed by atoms with Crippen LogP contribution < -0.4 is 0 Å². The van der Waals surface area contributed by atoms with Gasteiger partial charge in [0, 0.05) is 56.7 Å². The zero-order chi connectivity index (χ0) is 23.8. The maximum Gasteiger partial charge on any atom is 0.111 e. The van der Waals surface area contributed by atoms with Crippen LogP contribution in [0.3, 0.4) is 0 Å². The summed E-state index contributed by atoms with van der Waals surface area (Å²) in [7, 11) is 0. The molecule has 6 heteroatoms. The SMILES string of the molecule is c1ccc(CN(Cc2ccccn2)C(Cc2ccncc2)(c2ccccn2)c2ccccn2)nc1. The molecular weight excluding hydrogens is 432 g/mol. The zero-order valence-corrected chi connectivity index (χ0v) is 19.4. The number of pyridine rings is 5. The van der Waals surface area contributed by atoms with Gasteiger partial charge in [0.1, 0.15) is 5.54 Å². The van der Waals surface area contributed by atoms with Gasteiger partial charge in [-0.15, -0.1) is 0 Å². The van der Waals surface area contributed by atoms with E-state index in [0.29, 0.717) is 19.5 Å². The highest BCUT2D eigenvalue weighted by Crippen LogP contribution is 2.39. The van der Waals surface area contributed by atoms with Crippen molar-refractivity contribution in [3.05, 3.63) is 150 Å². The van der Waals surface area contributed by atoms with Crippen molar-refractivity contribution >= 4 is 0 Å². The van der Waals surface area contributed by atoms with Gasteiger partial charge in [0.25, 0.3) is 0 Å². The average Bonchev–Trinajstić information content (AvgIpc) is 2.94. The Kier molecular flexibility index (Phi) is 6.92. The van der Waals surface area contributed by atoms with Crippen molar-refractivity contribution in [2.75, 3.05) is 0 Å². The minimum Gasteiger partial charge on any atom is -0.275 e. The van der Waals surface area contributed by atoms with Crippen LogP contribution in [0.15, 0.2) is 122 Å². The second kappa shape index (κ2) is 10.8. The third kappa shape index (κ3) is 5.13. The van der Waals surface area contributed by atoms with E-state index in [1.807, 2.05) is 85.7 Å². The minimum atomic E-state index is -0.682. The predicted octanol–water partition coefficient (Wildman–Crippen LogP) is 4.85. The van der Waals surface area contributed by atoms with E-state index >= 15 is 0 Å². The number of nitrogens with zero attached hydrogens (tertiary/aromatic N) is 6. The predicted molar refractivity (Wildman–Crippen MR) is 135 cm³/mol. The molecule has 0 atom stereocenters. The largest absolute Gasteiger partial charge is 0.275 e. The molecule has 0 aliphatic carbocycles. The molecule has 5 rings (SSSR count). The molecule has 0 spiro atoms. The van der Waals surface area contributed by atoms with Gasteiger partial charge >= 0.3 is 0 Å². The molecule has 0 radical (unpaired) electrons. The Morgan fingerprint density at radius 3 is 1.43 bits per heavy atom. The molecular formula is C29H26N6. The molecule has 0 N–H and O–H groups in total. The summed E-state index contributed by atoms with van der Waals surface area (Å²) in [5, 5.41) is 0. The lowest BCUT2D eigenvalue weighted by Crippen LogP contribution is -2.49. The van der Waals surface area contributed by atoms with Gasteiger partial charge in [-0.2, -0.15) is 0 Å². The monoisotopic (exact) mass is 458 g/mol. The molecule has 172 valence electrons. The molecule has 0 aromatic carbocycles. The summed E-state index contributed by atoms with van der Waals surface area (Å²) in [6.45, 7) is 1.19. The molecule has 0 saturated heterocycles. The van der Waals surface area contributed by atoms with Crippen molar-refractivity contribution < 1.29 is 0 Å². The minimum absolute atomic E-state index is 0.593. The van der Waals surface area contributed by atoms with Gasteiger partial charge in [0.15, 0.2) is 0 Å². The van der Waals surface area contributed by atoms with Crippen molar-refractivity contribution in [3.8, 4) is 0 Å². The lowest BCUT2D eigenvalue weighted by Gasteiger charge is -2.43. The topological polar surface area (TPSA) is 67.7 Å². The molecule has 0 amide bonds. The fourth-order valence-corrected chi connectivity index (χ4v) is 4.46. The van der Waals surface area contributed by atoms with Crippen LogP contribution in [0.5, 0.6) is 0 Å². The second-order valence-electron chi connectivity index (χ2n) is 8.32. The van der Waals surface area contributed by atoms with Gasteiger partial charge in [-0.3, -0.25) is 29.8 Å². The first-order valence-corrected chi connectivity index (χ1v) is 11.6. The van der Waals surface area contributed by atoms with Crippen molar-refractivity contribution in [1.29, 1.82) is 0 Å². The van der Waals surface area contributed by atoms with E-state index in [1.54, 1.807) is 0 Å². The highest BCUT2D eigenvalue weighted by molar-refractivity contribution is 5.35. The van der Waals surface area contributed by atoms with E-state index in [-0.39, 0.29) is 0 Å². The third-order valence-corrected chi connectivity index (χ3v) is 6.08. The summed E-state index contributed by atoms with van der Waals surface area (Å²) in [5.41, 5.74) is 4.23. The van der Waals surface area contributed by atoms with Crippen molar-refractivity contribution in [2.45, 2.75) is 25.0 Å². The van der Waals surface area contributed by atoms with E-state index in [1.165, 1.54) is 0 Å². The lowest BCUT2D eigenvalue weighted by atomic mass is 9.81. The van der Waals surface area contributed by atoms with Crippen LogP contribution in [-0.4, -0.2) is 29.8 Å². The van der Waals surface area contributed by atoms with Crippen molar-refractivity contribution in [2.24, 2.45) is 0 Å². The maximum absolute atomic E-state index is 4.89. The first-order valence-electron chi connectivity index (χ1n) is 11.6. The van der Waals surface area contributed by atoms with Gasteiger partial charge in [-0.05, 0) is 66.2 Å². The molecule has 0 aliphatic heterocycles. The van der Waals surface area contributed by atoms with Crippen LogP contribution >= 0.6 is 0 Å². The van der Waals surface area contributed by atoms with Crippen LogP contribution in [-0.2, 0) is 25.0 Å². The van der Waals surface area contributed by atoms with E-state index in [2.05, 4.69) is 56.3 Å². The fourth-order valence-electron chi connectivity index (χ4n) is 4.46. The van der Waals surface area contributed by atoms with Crippen LogP contribution in [0, 0.1) is 0 Å². The molecule has 6 nitrogen and oxygen atoms in total. The van der Waals surface area contributed by atoms with E-state index in [4.69, 9.17) is 9.97 Å². The summed E-state index contributed by atoms with van der Waals surface area (Å²) < 4.78 is 0.